The second kappa shape index (κ2) is 7.77. The van der Waals surface area contributed by atoms with Crippen molar-refractivity contribution in [1.29, 1.82) is 0 Å². The zero-order valence-corrected chi connectivity index (χ0v) is 12.9. The van der Waals surface area contributed by atoms with Crippen LogP contribution in [0.2, 0.25) is 0 Å². The van der Waals surface area contributed by atoms with E-state index in [9.17, 15) is 4.79 Å². The van der Waals surface area contributed by atoms with Crippen LogP contribution < -0.4 is 10.6 Å². The Kier molecular flexibility index (Phi) is 6.68. The van der Waals surface area contributed by atoms with Crippen LogP contribution >= 0.6 is 23.7 Å². The molecule has 2 rings (SSSR count). The van der Waals surface area contributed by atoms with Crippen molar-refractivity contribution in [2.75, 3.05) is 18.4 Å². The van der Waals surface area contributed by atoms with Crippen molar-refractivity contribution in [3.8, 4) is 0 Å². The van der Waals surface area contributed by atoms with E-state index < -0.39 is 0 Å². The van der Waals surface area contributed by atoms with Crippen molar-refractivity contribution in [3.63, 3.8) is 0 Å². The summed E-state index contributed by atoms with van der Waals surface area (Å²) in [6.45, 7) is 6.07. The lowest BCUT2D eigenvalue weighted by Gasteiger charge is -2.21. The van der Waals surface area contributed by atoms with Gasteiger partial charge >= 0.3 is 0 Å². The van der Waals surface area contributed by atoms with Gasteiger partial charge in [0.15, 0.2) is 0 Å². The minimum atomic E-state index is 0. The van der Waals surface area contributed by atoms with Crippen molar-refractivity contribution >= 4 is 34.8 Å². The molecule has 7 heteroatoms. The average molecular weight is 305 g/mol. The SMILES string of the molecule is CC(C)Cc1nnc(NC(=O)C2CCCNC2)s1.Cl. The number of carbonyl (C=O) groups excluding carboxylic acids is 1. The molecule has 0 aliphatic carbocycles. The van der Waals surface area contributed by atoms with E-state index in [1.54, 1.807) is 0 Å². The van der Waals surface area contributed by atoms with Gasteiger partial charge in [-0.05, 0) is 25.3 Å². The summed E-state index contributed by atoms with van der Waals surface area (Å²) in [4.78, 5) is 12.0. The summed E-state index contributed by atoms with van der Waals surface area (Å²) in [7, 11) is 0. The maximum atomic E-state index is 12.0. The first-order chi connectivity index (χ1) is 8.65. The first-order valence-corrected chi connectivity index (χ1v) is 7.30. The van der Waals surface area contributed by atoms with E-state index in [1.807, 2.05) is 0 Å². The summed E-state index contributed by atoms with van der Waals surface area (Å²) >= 11 is 1.48. The van der Waals surface area contributed by atoms with Gasteiger partial charge in [0, 0.05) is 13.0 Å². The topological polar surface area (TPSA) is 66.9 Å². The number of aromatic nitrogens is 2. The molecule has 0 aromatic carbocycles. The molecule has 2 heterocycles. The van der Waals surface area contributed by atoms with Gasteiger partial charge in [-0.25, -0.2) is 0 Å². The van der Waals surface area contributed by atoms with Gasteiger partial charge in [-0.3, -0.25) is 4.79 Å². The van der Waals surface area contributed by atoms with E-state index in [-0.39, 0.29) is 24.2 Å². The van der Waals surface area contributed by atoms with Gasteiger partial charge in [-0.2, -0.15) is 0 Å². The molecule has 0 saturated carbocycles. The van der Waals surface area contributed by atoms with Crippen molar-refractivity contribution < 1.29 is 4.79 Å². The van der Waals surface area contributed by atoms with Crippen LogP contribution in [0.4, 0.5) is 5.13 Å². The lowest BCUT2D eigenvalue weighted by Crippen LogP contribution is -2.37. The normalized spacial score (nSPS) is 19.0. The van der Waals surface area contributed by atoms with Crippen LogP contribution in [0, 0.1) is 11.8 Å². The molecule has 0 bridgehead atoms. The number of halogens is 1. The first-order valence-electron chi connectivity index (χ1n) is 6.49. The van der Waals surface area contributed by atoms with E-state index in [4.69, 9.17) is 0 Å². The minimum Gasteiger partial charge on any atom is -0.316 e. The fourth-order valence-corrected chi connectivity index (χ4v) is 2.97. The summed E-state index contributed by atoms with van der Waals surface area (Å²) in [5.41, 5.74) is 0. The van der Waals surface area contributed by atoms with Gasteiger partial charge in [0.2, 0.25) is 11.0 Å². The number of amides is 1. The fraction of sp³-hybridized carbons (Fsp3) is 0.750. The van der Waals surface area contributed by atoms with Gasteiger partial charge in [0.05, 0.1) is 5.92 Å². The monoisotopic (exact) mass is 304 g/mol. The molecule has 108 valence electrons. The number of rotatable bonds is 4. The van der Waals surface area contributed by atoms with Crippen LogP contribution in [0.1, 0.15) is 31.7 Å². The van der Waals surface area contributed by atoms with Gasteiger partial charge in [0.1, 0.15) is 5.01 Å². The van der Waals surface area contributed by atoms with Crippen LogP contribution in [-0.2, 0) is 11.2 Å². The van der Waals surface area contributed by atoms with Crippen molar-refractivity contribution in [2.45, 2.75) is 33.1 Å². The van der Waals surface area contributed by atoms with E-state index in [2.05, 4.69) is 34.7 Å². The molecule has 1 atom stereocenters. The molecular weight excluding hydrogens is 284 g/mol. The van der Waals surface area contributed by atoms with Crippen molar-refractivity contribution in [2.24, 2.45) is 11.8 Å². The molecule has 1 aliphatic heterocycles. The van der Waals surface area contributed by atoms with E-state index in [0.717, 1.165) is 37.4 Å². The van der Waals surface area contributed by atoms with E-state index in [0.29, 0.717) is 11.0 Å². The van der Waals surface area contributed by atoms with Gasteiger partial charge in [0.25, 0.3) is 0 Å². The highest BCUT2D eigenvalue weighted by Crippen LogP contribution is 2.20. The number of nitrogens with zero attached hydrogens (tertiary/aromatic N) is 2. The zero-order valence-electron chi connectivity index (χ0n) is 11.3. The molecule has 0 radical (unpaired) electrons. The second-order valence-corrected chi connectivity index (χ2v) is 6.19. The fourth-order valence-electron chi connectivity index (χ4n) is 2.02. The Hall–Kier alpha value is -0.720. The minimum absolute atomic E-state index is 0. The summed E-state index contributed by atoms with van der Waals surface area (Å²) < 4.78 is 0. The largest absolute Gasteiger partial charge is 0.316 e. The molecule has 1 aromatic rings. The number of hydrogen-bond acceptors (Lipinski definition) is 5. The van der Waals surface area contributed by atoms with Crippen molar-refractivity contribution in [1.82, 2.24) is 15.5 Å². The Morgan fingerprint density at radius 2 is 2.32 bits per heavy atom. The maximum Gasteiger partial charge on any atom is 0.230 e. The Labute approximate surface area is 124 Å². The molecular formula is C12H21ClN4OS. The molecule has 1 aliphatic rings. The highest BCUT2D eigenvalue weighted by Gasteiger charge is 2.21. The third-order valence-corrected chi connectivity index (χ3v) is 3.81. The Morgan fingerprint density at radius 1 is 1.53 bits per heavy atom. The molecule has 0 spiro atoms. The first kappa shape index (κ1) is 16.3. The van der Waals surface area contributed by atoms with Crippen molar-refractivity contribution in [3.05, 3.63) is 5.01 Å². The molecule has 5 nitrogen and oxygen atoms in total. The highest BCUT2D eigenvalue weighted by molar-refractivity contribution is 7.15. The van der Waals surface area contributed by atoms with Gasteiger partial charge < -0.3 is 10.6 Å². The zero-order chi connectivity index (χ0) is 13.0. The third kappa shape index (κ3) is 5.04. The molecule has 1 fully saturated rings. The lowest BCUT2D eigenvalue weighted by molar-refractivity contribution is -0.120. The standard InChI is InChI=1S/C12H20N4OS.ClH/c1-8(2)6-10-15-16-12(18-10)14-11(17)9-4-3-5-13-7-9;/h8-9,13H,3-7H2,1-2H3,(H,14,16,17);1H. The second-order valence-electron chi connectivity index (χ2n) is 5.13. The predicted octanol–water partition coefficient (Wildman–Crippen LogP) is 2.10. The lowest BCUT2D eigenvalue weighted by atomic mass is 9.99. The Bertz CT molecular complexity index is 404. The number of hydrogen-bond donors (Lipinski definition) is 2. The van der Waals surface area contributed by atoms with Crippen LogP contribution in [-0.4, -0.2) is 29.2 Å². The van der Waals surface area contributed by atoms with Crippen LogP contribution in [0.25, 0.3) is 0 Å². The molecule has 1 amide bonds. The maximum absolute atomic E-state index is 12.0. The van der Waals surface area contributed by atoms with Gasteiger partial charge in [-0.1, -0.05) is 25.2 Å². The number of nitrogens with one attached hydrogen (secondary N) is 2. The quantitative estimate of drug-likeness (QED) is 0.894. The van der Waals surface area contributed by atoms with E-state index in [1.165, 1.54) is 11.3 Å². The molecule has 2 N–H and O–H groups in total. The Morgan fingerprint density at radius 3 is 2.95 bits per heavy atom. The number of carbonyl (C=O) groups is 1. The van der Waals surface area contributed by atoms with Gasteiger partial charge in [-0.15, -0.1) is 22.6 Å². The number of piperidine rings is 1. The van der Waals surface area contributed by atoms with E-state index >= 15 is 0 Å². The van der Waals surface area contributed by atoms with Crippen LogP contribution in [0.3, 0.4) is 0 Å². The molecule has 1 unspecified atom stereocenters. The average Bonchev–Trinajstić information content (AvgIpc) is 2.76. The summed E-state index contributed by atoms with van der Waals surface area (Å²) in [5, 5.41) is 15.8. The van der Waals surface area contributed by atoms with Crippen LogP contribution in [0.15, 0.2) is 0 Å². The summed E-state index contributed by atoms with van der Waals surface area (Å²) in [6.07, 6.45) is 2.93. The molecule has 1 aromatic heterocycles. The number of anilines is 1. The summed E-state index contributed by atoms with van der Waals surface area (Å²) in [6, 6.07) is 0. The Balaban J connectivity index is 0.00000180. The summed E-state index contributed by atoms with van der Waals surface area (Å²) in [5.74, 6) is 0.690. The van der Waals surface area contributed by atoms with Crippen LogP contribution in [0.5, 0.6) is 0 Å². The molecule has 19 heavy (non-hydrogen) atoms. The smallest absolute Gasteiger partial charge is 0.230 e. The third-order valence-electron chi connectivity index (χ3n) is 2.95. The predicted molar refractivity (Wildman–Crippen MR) is 79.9 cm³/mol. The highest BCUT2D eigenvalue weighted by atomic mass is 35.5. The molecule has 1 saturated heterocycles.